The molecular weight excluding hydrogens is 222 g/mol. The van der Waals surface area contributed by atoms with Gasteiger partial charge in [-0.15, -0.1) is 0 Å². The van der Waals surface area contributed by atoms with Gasteiger partial charge in [-0.25, -0.2) is 4.79 Å². The average molecular weight is 241 g/mol. The van der Waals surface area contributed by atoms with E-state index in [9.17, 15) is 19.8 Å². The van der Waals surface area contributed by atoms with Crippen molar-refractivity contribution in [2.75, 3.05) is 6.54 Å². The van der Waals surface area contributed by atoms with Crippen molar-refractivity contribution < 1.29 is 19.8 Å². The van der Waals surface area contributed by atoms with Crippen LogP contribution < -0.4 is 0 Å². The number of aliphatic hydroxyl groups is 1. The quantitative estimate of drug-likeness (QED) is 0.759. The lowest BCUT2D eigenvalue weighted by molar-refractivity contribution is -0.151. The minimum atomic E-state index is -0.931. The molecule has 17 heavy (non-hydrogen) atoms. The smallest absolute Gasteiger partial charge is 0.326 e. The molecule has 2 N–H and O–H groups in total. The monoisotopic (exact) mass is 241 g/mol. The van der Waals surface area contributed by atoms with E-state index in [4.69, 9.17) is 0 Å². The molecule has 1 aliphatic heterocycles. The van der Waals surface area contributed by atoms with Crippen LogP contribution in [-0.4, -0.2) is 45.7 Å². The van der Waals surface area contributed by atoms with Gasteiger partial charge >= 0.3 is 5.97 Å². The van der Waals surface area contributed by atoms with Gasteiger partial charge in [-0.3, -0.25) is 4.79 Å². The van der Waals surface area contributed by atoms with Crippen LogP contribution >= 0.6 is 0 Å². The lowest BCUT2D eigenvalue weighted by Gasteiger charge is -2.33. The minimum Gasteiger partial charge on any atom is -0.480 e. The third-order valence-corrected chi connectivity index (χ3v) is 3.82. The molecule has 2 atom stereocenters. The number of carbonyl (C=O) groups is 2. The molecule has 1 saturated carbocycles. The fourth-order valence-corrected chi connectivity index (χ4v) is 3.02. The third kappa shape index (κ3) is 2.60. The molecule has 2 aliphatic rings. The molecule has 0 radical (unpaired) electrons. The van der Waals surface area contributed by atoms with Gasteiger partial charge < -0.3 is 15.1 Å². The van der Waals surface area contributed by atoms with E-state index in [0.717, 1.165) is 32.1 Å². The van der Waals surface area contributed by atoms with E-state index in [-0.39, 0.29) is 24.8 Å². The van der Waals surface area contributed by atoms with Gasteiger partial charge in [0, 0.05) is 6.54 Å². The summed E-state index contributed by atoms with van der Waals surface area (Å²) in [7, 11) is 0. The van der Waals surface area contributed by atoms with Crippen LogP contribution in [0.15, 0.2) is 0 Å². The Labute approximate surface area is 100 Å². The van der Waals surface area contributed by atoms with Crippen molar-refractivity contribution in [1.82, 2.24) is 4.90 Å². The van der Waals surface area contributed by atoms with E-state index in [1.54, 1.807) is 0 Å². The molecule has 1 heterocycles. The second kappa shape index (κ2) is 5.04. The van der Waals surface area contributed by atoms with E-state index in [0.29, 0.717) is 0 Å². The number of aliphatic carboxylic acids is 1. The first-order chi connectivity index (χ1) is 8.09. The Bertz CT molecular complexity index is 312. The first-order valence-corrected chi connectivity index (χ1v) is 6.30. The van der Waals surface area contributed by atoms with Gasteiger partial charge in [0.15, 0.2) is 0 Å². The molecule has 0 aromatic carbocycles. The molecule has 1 saturated heterocycles. The number of hydrogen-bond donors (Lipinski definition) is 2. The summed E-state index contributed by atoms with van der Waals surface area (Å²) in [5, 5.41) is 18.8. The summed E-state index contributed by atoms with van der Waals surface area (Å²) in [6.07, 6.45) is 4.34. The molecule has 5 nitrogen and oxygen atoms in total. The zero-order valence-electron chi connectivity index (χ0n) is 9.84. The van der Waals surface area contributed by atoms with E-state index < -0.39 is 18.1 Å². The Kier molecular flexibility index (Phi) is 3.66. The Morgan fingerprint density at radius 2 is 1.94 bits per heavy atom. The third-order valence-electron chi connectivity index (χ3n) is 3.82. The first kappa shape index (κ1) is 12.4. The standard InChI is InChI=1S/C12H19NO4/c14-9-6-10(15)13(7-9)11(12(16)17)8-4-2-1-3-5-8/h8-9,11,14H,1-7H2,(H,16,17). The van der Waals surface area contributed by atoms with Crippen molar-refractivity contribution in [3.63, 3.8) is 0 Å². The number of nitrogens with zero attached hydrogens (tertiary/aromatic N) is 1. The number of likely N-dealkylation sites (tertiary alicyclic amines) is 1. The normalized spacial score (nSPS) is 28.4. The van der Waals surface area contributed by atoms with Gasteiger partial charge in [0.1, 0.15) is 6.04 Å². The van der Waals surface area contributed by atoms with Crippen molar-refractivity contribution >= 4 is 11.9 Å². The van der Waals surface area contributed by atoms with Crippen LogP contribution in [0.4, 0.5) is 0 Å². The number of hydrogen-bond acceptors (Lipinski definition) is 3. The molecular formula is C12H19NO4. The molecule has 0 aromatic heterocycles. The fraction of sp³-hybridized carbons (Fsp3) is 0.833. The van der Waals surface area contributed by atoms with Gasteiger partial charge in [0.2, 0.25) is 5.91 Å². The molecule has 1 amide bonds. The highest BCUT2D eigenvalue weighted by atomic mass is 16.4. The summed E-state index contributed by atoms with van der Waals surface area (Å²) in [4.78, 5) is 24.4. The highest BCUT2D eigenvalue weighted by Crippen LogP contribution is 2.31. The summed E-state index contributed by atoms with van der Waals surface area (Å²) in [5.74, 6) is -1.11. The summed E-state index contributed by atoms with van der Waals surface area (Å²) < 4.78 is 0. The maximum absolute atomic E-state index is 11.7. The summed E-state index contributed by atoms with van der Waals surface area (Å²) >= 11 is 0. The second-order valence-corrected chi connectivity index (χ2v) is 5.09. The van der Waals surface area contributed by atoms with E-state index in [1.165, 1.54) is 4.90 Å². The molecule has 0 bridgehead atoms. The number of amides is 1. The summed E-state index contributed by atoms with van der Waals surface area (Å²) in [5.41, 5.74) is 0. The van der Waals surface area contributed by atoms with Crippen LogP contribution in [0.3, 0.4) is 0 Å². The van der Waals surface area contributed by atoms with Crippen LogP contribution in [-0.2, 0) is 9.59 Å². The lowest BCUT2D eigenvalue weighted by Crippen LogP contribution is -2.47. The summed E-state index contributed by atoms with van der Waals surface area (Å²) in [6, 6.07) is -0.736. The van der Waals surface area contributed by atoms with Crippen molar-refractivity contribution in [2.45, 2.75) is 50.7 Å². The maximum Gasteiger partial charge on any atom is 0.326 e. The Morgan fingerprint density at radius 3 is 2.41 bits per heavy atom. The first-order valence-electron chi connectivity index (χ1n) is 6.30. The highest BCUT2D eigenvalue weighted by molar-refractivity contribution is 5.85. The molecule has 5 heteroatoms. The Balaban J connectivity index is 2.11. The van der Waals surface area contributed by atoms with Crippen LogP contribution in [0.1, 0.15) is 38.5 Å². The number of carboxylic acid groups (broad SMARTS) is 1. The van der Waals surface area contributed by atoms with E-state index in [1.807, 2.05) is 0 Å². The minimum absolute atomic E-state index is 0.0514. The van der Waals surface area contributed by atoms with Gasteiger partial charge in [0.05, 0.1) is 12.5 Å². The van der Waals surface area contributed by atoms with Crippen molar-refractivity contribution in [3.05, 3.63) is 0 Å². The van der Waals surface area contributed by atoms with Gasteiger partial charge in [-0.2, -0.15) is 0 Å². The zero-order valence-corrected chi connectivity index (χ0v) is 9.84. The molecule has 1 aliphatic carbocycles. The molecule has 2 rings (SSSR count). The average Bonchev–Trinajstić information content (AvgIpc) is 2.59. The lowest BCUT2D eigenvalue weighted by atomic mass is 9.83. The van der Waals surface area contributed by atoms with E-state index >= 15 is 0 Å². The highest BCUT2D eigenvalue weighted by Gasteiger charge is 2.41. The zero-order chi connectivity index (χ0) is 12.4. The molecule has 2 unspecified atom stereocenters. The van der Waals surface area contributed by atoms with Crippen LogP contribution in [0.5, 0.6) is 0 Å². The van der Waals surface area contributed by atoms with Crippen molar-refractivity contribution in [2.24, 2.45) is 5.92 Å². The number of carbonyl (C=O) groups excluding carboxylic acids is 1. The van der Waals surface area contributed by atoms with Gasteiger partial charge in [-0.1, -0.05) is 19.3 Å². The number of carboxylic acids is 1. The number of aliphatic hydroxyl groups excluding tert-OH is 1. The predicted octanol–water partition coefficient (Wildman–Crippen LogP) is 0.613. The predicted molar refractivity (Wildman–Crippen MR) is 60.3 cm³/mol. The largest absolute Gasteiger partial charge is 0.480 e. The van der Waals surface area contributed by atoms with Crippen LogP contribution in [0.2, 0.25) is 0 Å². The molecule has 2 fully saturated rings. The topological polar surface area (TPSA) is 77.8 Å². The van der Waals surface area contributed by atoms with Gasteiger partial charge in [-0.05, 0) is 18.8 Å². The molecule has 96 valence electrons. The van der Waals surface area contributed by atoms with Crippen molar-refractivity contribution in [3.8, 4) is 0 Å². The van der Waals surface area contributed by atoms with Crippen LogP contribution in [0.25, 0.3) is 0 Å². The molecule has 0 spiro atoms. The Hall–Kier alpha value is -1.10. The maximum atomic E-state index is 11.7. The number of β-amino-alcohol motifs (C(OH)–C–C–N with tert-alkyl or cyclic N) is 1. The van der Waals surface area contributed by atoms with Crippen molar-refractivity contribution in [1.29, 1.82) is 0 Å². The second-order valence-electron chi connectivity index (χ2n) is 5.09. The SMILES string of the molecule is O=C(O)C(C1CCCCC1)N1CC(O)CC1=O. The van der Waals surface area contributed by atoms with Gasteiger partial charge in [0.25, 0.3) is 0 Å². The summed E-state index contributed by atoms with van der Waals surface area (Å²) in [6.45, 7) is 0.173. The van der Waals surface area contributed by atoms with E-state index in [2.05, 4.69) is 0 Å². The fourth-order valence-electron chi connectivity index (χ4n) is 3.02. The molecule has 0 aromatic rings. The number of rotatable bonds is 3. The van der Waals surface area contributed by atoms with Crippen LogP contribution in [0, 0.1) is 5.92 Å². The Morgan fingerprint density at radius 1 is 1.29 bits per heavy atom.